The van der Waals surface area contributed by atoms with Crippen molar-refractivity contribution in [2.75, 3.05) is 24.6 Å². The van der Waals surface area contributed by atoms with Crippen molar-refractivity contribution >= 4 is 5.69 Å². The Morgan fingerprint density at radius 3 is 2.83 bits per heavy atom. The highest BCUT2D eigenvalue weighted by molar-refractivity contribution is 5.56. The van der Waals surface area contributed by atoms with Gasteiger partial charge in [-0.25, -0.2) is 0 Å². The number of nitrogens with zero attached hydrogens (tertiary/aromatic N) is 1. The summed E-state index contributed by atoms with van der Waals surface area (Å²) >= 11 is 0. The van der Waals surface area contributed by atoms with Crippen molar-refractivity contribution in [2.45, 2.75) is 45.4 Å². The summed E-state index contributed by atoms with van der Waals surface area (Å²) in [4.78, 5) is 2.54. The quantitative estimate of drug-likeness (QED) is 0.780. The number of anilines is 1. The second kappa shape index (κ2) is 6.79. The first-order valence-corrected chi connectivity index (χ1v) is 7.26. The molecule has 0 aliphatic carbocycles. The highest BCUT2D eigenvalue weighted by Crippen LogP contribution is 2.28. The van der Waals surface area contributed by atoms with Crippen molar-refractivity contribution < 1.29 is 5.11 Å². The molecule has 0 amide bonds. The third-order valence-electron chi connectivity index (χ3n) is 3.79. The lowest BCUT2D eigenvalue weighted by atomic mass is 9.99. The molecule has 0 aromatic heterocycles. The summed E-state index contributed by atoms with van der Waals surface area (Å²) in [5.74, 6) is 0. The monoisotopic (exact) mass is 247 g/mol. The van der Waals surface area contributed by atoms with E-state index >= 15 is 0 Å². The second-order valence-electron chi connectivity index (χ2n) is 5.36. The van der Waals surface area contributed by atoms with E-state index in [-0.39, 0.29) is 0 Å². The molecule has 0 saturated carbocycles. The molecule has 0 radical (unpaired) electrons. The molecule has 0 saturated heterocycles. The number of unbranched alkanes of at least 4 members (excludes halogenated alkanes) is 3. The minimum absolute atomic E-state index is 0.339. The van der Waals surface area contributed by atoms with Crippen molar-refractivity contribution in [3.05, 3.63) is 29.3 Å². The van der Waals surface area contributed by atoms with E-state index in [1.807, 2.05) is 0 Å². The molecule has 0 atom stereocenters. The number of hydrogen-bond acceptors (Lipinski definition) is 2. The van der Waals surface area contributed by atoms with Crippen molar-refractivity contribution in [1.29, 1.82) is 0 Å². The maximum absolute atomic E-state index is 8.76. The third kappa shape index (κ3) is 3.49. The van der Waals surface area contributed by atoms with Crippen LogP contribution in [-0.4, -0.2) is 24.8 Å². The number of aryl methyl sites for hydroxylation is 2. The lowest BCUT2D eigenvalue weighted by Crippen LogP contribution is -2.30. The van der Waals surface area contributed by atoms with Gasteiger partial charge in [0, 0.05) is 25.4 Å². The Morgan fingerprint density at radius 2 is 2.00 bits per heavy atom. The Balaban J connectivity index is 1.88. The SMILES string of the molecule is Cc1ccc2c(c1)CCCN2CCCCCCO. The molecule has 0 fully saturated rings. The van der Waals surface area contributed by atoms with Crippen LogP contribution < -0.4 is 4.90 Å². The number of hydrogen-bond donors (Lipinski definition) is 1. The molecule has 2 heteroatoms. The van der Waals surface area contributed by atoms with Crippen molar-refractivity contribution in [3.8, 4) is 0 Å². The largest absolute Gasteiger partial charge is 0.396 e. The van der Waals surface area contributed by atoms with Crippen LogP contribution in [-0.2, 0) is 6.42 Å². The van der Waals surface area contributed by atoms with Crippen LogP contribution in [0.25, 0.3) is 0 Å². The van der Waals surface area contributed by atoms with Gasteiger partial charge in [0.15, 0.2) is 0 Å². The first-order chi connectivity index (χ1) is 8.81. The topological polar surface area (TPSA) is 23.5 Å². The van der Waals surface area contributed by atoms with Crippen LogP contribution in [0.5, 0.6) is 0 Å². The molecule has 0 unspecified atom stereocenters. The minimum Gasteiger partial charge on any atom is -0.396 e. The lowest BCUT2D eigenvalue weighted by Gasteiger charge is -2.31. The Bertz CT molecular complexity index is 375. The second-order valence-corrected chi connectivity index (χ2v) is 5.36. The maximum atomic E-state index is 8.76. The molecule has 1 aliphatic heterocycles. The van der Waals surface area contributed by atoms with Crippen molar-refractivity contribution in [1.82, 2.24) is 0 Å². The molecule has 2 rings (SSSR count). The molecule has 100 valence electrons. The van der Waals surface area contributed by atoms with E-state index in [1.165, 1.54) is 55.6 Å². The zero-order valence-electron chi connectivity index (χ0n) is 11.5. The first-order valence-electron chi connectivity index (χ1n) is 7.26. The Morgan fingerprint density at radius 1 is 1.17 bits per heavy atom. The number of aliphatic hydroxyl groups is 1. The van der Waals surface area contributed by atoms with Gasteiger partial charge < -0.3 is 10.0 Å². The summed E-state index contributed by atoms with van der Waals surface area (Å²) in [7, 11) is 0. The predicted octanol–water partition coefficient (Wildman–Crippen LogP) is 3.30. The number of benzene rings is 1. The summed E-state index contributed by atoms with van der Waals surface area (Å²) < 4.78 is 0. The first kappa shape index (κ1) is 13.4. The van der Waals surface area contributed by atoms with Gasteiger partial charge in [0.05, 0.1) is 0 Å². The van der Waals surface area contributed by atoms with Gasteiger partial charge in [-0.05, 0) is 44.2 Å². The highest BCUT2D eigenvalue weighted by atomic mass is 16.2. The predicted molar refractivity (Wildman–Crippen MR) is 77.3 cm³/mol. The Hall–Kier alpha value is -1.02. The van der Waals surface area contributed by atoms with E-state index < -0.39 is 0 Å². The Kier molecular flexibility index (Phi) is 5.06. The molecule has 1 aromatic carbocycles. The fraction of sp³-hybridized carbons (Fsp3) is 0.625. The number of aliphatic hydroxyl groups excluding tert-OH is 1. The van der Waals surface area contributed by atoms with Crippen LogP contribution in [0.2, 0.25) is 0 Å². The average molecular weight is 247 g/mol. The van der Waals surface area contributed by atoms with Crippen LogP contribution in [0.4, 0.5) is 5.69 Å². The van der Waals surface area contributed by atoms with E-state index in [4.69, 9.17) is 5.11 Å². The zero-order chi connectivity index (χ0) is 12.8. The molecule has 18 heavy (non-hydrogen) atoms. The molecule has 0 spiro atoms. The highest BCUT2D eigenvalue weighted by Gasteiger charge is 2.15. The van der Waals surface area contributed by atoms with Crippen LogP contribution in [0, 0.1) is 6.92 Å². The maximum Gasteiger partial charge on any atom is 0.0431 e. The smallest absolute Gasteiger partial charge is 0.0431 e. The van der Waals surface area contributed by atoms with E-state index in [9.17, 15) is 0 Å². The summed E-state index contributed by atoms with van der Waals surface area (Å²) in [5.41, 5.74) is 4.35. The van der Waals surface area contributed by atoms with Crippen LogP contribution in [0.15, 0.2) is 18.2 Å². The zero-order valence-corrected chi connectivity index (χ0v) is 11.5. The number of fused-ring (bicyclic) bond motifs is 1. The van der Waals surface area contributed by atoms with Gasteiger partial charge in [-0.15, -0.1) is 0 Å². The minimum atomic E-state index is 0.339. The number of rotatable bonds is 6. The molecule has 1 aromatic rings. The summed E-state index contributed by atoms with van der Waals surface area (Å²) in [6.45, 7) is 4.89. The van der Waals surface area contributed by atoms with Gasteiger partial charge in [0.25, 0.3) is 0 Å². The lowest BCUT2D eigenvalue weighted by molar-refractivity contribution is 0.282. The van der Waals surface area contributed by atoms with Crippen LogP contribution in [0.1, 0.15) is 43.2 Å². The van der Waals surface area contributed by atoms with E-state index in [0.717, 1.165) is 12.8 Å². The fourth-order valence-corrected chi connectivity index (χ4v) is 2.80. The van der Waals surface area contributed by atoms with Crippen molar-refractivity contribution in [3.63, 3.8) is 0 Å². The van der Waals surface area contributed by atoms with Gasteiger partial charge in [0.1, 0.15) is 0 Å². The molecule has 1 N–H and O–H groups in total. The van der Waals surface area contributed by atoms with Gasteiger partial charge >= 0.3 is 0 Å². The fourth-order valence-electron chi connectivity index (χ4n) is 2.80. The van der Waals surface area contributed by atoms with Gasteiger partial charge in [-0.1, -0.05) is 30.5 Å². The molecule has 1 heterocycles. The van der Waals surface area contributed by atoms with E-state index in [1.54, 1.807) is 0 Å². The van der Waals surface area contributed by atoms with E-state index in [2.05, 4.69) is 30.0 Å². The van der Waals surface area contributed by atoms with Gasteiger partial charge in [-0.2, -0.15) is 0 Å². The molecular weight excluding hydrogens is 222 g/mol. The van der Waals surface area contributed by atoms with Crippen LogP contribution >= 0.6 is 0 Å². The van der Waals surface area contributed by atoms with Crippen molar-refractivity contribution in [2.24, 2.45) is 0 Å². The van der Waals surface area contributed by atoms with Gasteiger partial charge in [0.2, 0.25) is 0 Å². The molecule has 0 bridgehead atoms. The average Bonchev–Trinajstić information content (AvgIpc) is 2.38. The normalized spacial score (nSPS) is 14.7. The standard InChI is InChI=1S/C16H25NO/c1-14-8-9-16-15(13-14)7-6-11-17(16)10-4-2-3-5-12-18/h8-9,13,18H,2-7,10-12H2,1H3. The van der Waals surface area contributed by atoms with Crippen LogP contribution in [0.3, 0.4) is 0 Å². The summed E-state index contributed by atoms with van der Waals surface area (Å²) in [6, 6.07) is 6.85. The van der Waals surface area contributed by atoms with E-state index in [0.29, 0.717) is 6.61 Å². The van der Waals surface area contributed by atoms with Gasteiger partial charge in [-0.3, -0.25) is 0 Å². The molecule has 1 aliphatic rings. The molecular formula is C16H25NO. The third-order valence-corrected chi connectivity index (χ3v) is 3.79. The Labute approximate surface area is 111 Å². The molecule has 2 nitrogen and oxygen atoms in total. The summed E-state index contributed by atoms with van der Waals surface area (Å²) in [5, 5.41) is 8.76. The summed E-state index contributed by atoms with van der Waals surface area (Å²) in [6.07, 6.45) is 7.11.